The van der Waals surface area contributed by atoms with Gasteiger partial charge in [-0.1, -0.05) is 159 Å². The Morgan fingerprint density at radius 1 is 0.459 bits per heavy atom. The van der Waals surface area contributed by atoms with E-state index in [1.165, 1.54) is 42.4 Å². The molecule has 11 aromatic rings. The van der Waals surface area contributed by atoms with Crippen LogP contribution in [0, 0.1) is 0 Å². The summed E-state index contributed by atoms with van der Waals surface area (Å²) in [6.45, 7) is 4.76. The third-order valence-electron chi connectivity index (χ3n) is 12.8. The normalized spacial score (nSPS) is 13.0. The van der Waals surface area contributed by atoms with Crippen molar-refractivity contribution < 1.29 is 4.42 Å². The van der Waals surface area contributed by atoms with E-state index in [-0.39, 0.29) is 5.41 Å². The van der Waals surface area contributed by atoms with Crippen LogP contribution in [0.3, 0.4) is 0 Å². The van der Waals surface area contributed by atoms with E-state index in [2.05, 4.69) is 201 Å². The summed E-state index contributed by atoms with van der Waals surface area (Å²) in [7, 11) is 0. The molecule has 61 heavy (non-hydrogen) atoms. The van der Waals surface area contributed by atoms with E-state index >= 15 is 0 Å². The molecular formula is C57H39NOS2. The van der Waals surface area contributed by atoms with Crippen LogP contribution < -0.4 is 4.90 Å². The van der Waals surface area contributed by atoms with E-state index < -0.39 is 0 Å². The summed E-state index contributed by atoms with van der Waals surface area (Å²) in [4.78, 5) is 3.37. The van der Waals surface area contributed by atoms with E-state index in [0.29, 0.717) is 0 Å². The first-order valence-electron chi connectivity index (χ1n) is 20.8. The third kappa shape index (κ3) is 5.63. The molecule has 0 saturated heterocycles. The summed E-state index contributed by atoms with van der Waals surface area (Å²) in [5.41, 5.74) is 17.1. The van der Waals surface area contributed by atoms with E-state index in [1.807, 2.05) is 23.5 Å². The first-order chi connectivity index (χ1) is 29.9. The SMILES string of the molecule is CC1(C)c2cc(N(c3ccc(-c4cccc(-c5ccccc5)c4S)cc3)c3ccc(-c4cccc5c4oc4ccccc45)cc3)ccc2-c2c1ccc1c2sc2ccccc21. The lowest BCUT2D eigenvalue weighted by Crippen LogP contribution is -2.16. The van der Waals surface area contributed by atoms with Crippen molar-refractivity contribution in [2.45, 2.75) is 24.2 Å². The predicted molar refractivity (Wildman–Crippen MR) is 262 cm³/mol. The van der Waals surface area contributed by atoms with Crippen LogP contribution in [-0.2, 0) is 5.41 Å². The number of hydrogen-bond donors (Lipinski definition) is 1. The molecule has 9 aromatic carbocycles. The number of furan rings is 1. The van der Waals surface area contributed by atoms with Crippen LogP contribution in [0.1, 0.15) is 25.0 Å². The van der Waals surface area contributed by atoms with Gasteiger partial charge >= 0.3 is 0 Å². The Labute approximate surface area is 364 Å². The fourth-order valence-electron chi connectivity index (χ4n) is 9.76. The average Bonchev–Trinajstić information content (AvgIpc) is 3.95. The topological polar surface area (TPSA) is 16.4 Å². The maximum absolute atomic E-state index is 6.46. The van der Waals surface area contributed by atoms with Gasteiger partial charge in [0.2, 0.25) is 0 Å². The zero-order valence-corrected chi connectivity index (χ0v) is 35.4. The number of thiol groups is 1. The molecule has 0 N–H and O–H groups in total. The molecule has 0 aliphatic heterocycles. The fraction of sp³-hybridized carbons (Fsp3) is 0.0526. The second-order valence-corrected chi connectivity index (χ2v) is 18.1. The van der Waals surface area contributed by atoms with E-state index in [9.17, 15) is 0 Å². The lowest BCUT2D eigenvalue weighted by atomic mass is 9.82. The van der Waals surface area contributed by atoms with Crippen LogP contribution in [0.2, 0.25) is 0 Å². The van der Waals surface area contributed by atoms with E-state index in [4.69, 9.17) is 17.0 Å². The molecule has 0 bridgehead atoms. The number of thiophene rings is 1. The van der Waals surface area contributed by atoms with Crippen molar-refractivity contribution in [1.82, 2.24) is 0 Å². The Bertz CT molecular complexity index is 3500. The Kier molecular flexibility index (Phi) is 8.18. The highest BCUT2D eigenvalue weighted by Gasteiger charge is 2.38. The Balaban J connectivity index is 0.988. The molecule has 12 rings (SSSR count). The molecule has 0 saturated carbocycles. The van der Waals surface area contributed by atoms with Crippen LogP contribution in [0.5, 0.6) is 0 Å². The van der Waals surface area contributed by atoms with Gasteiger partial charge in [-0.25, -0.2) is 0 Å². The molecule has 290 valence electrons. The fourth-order valence-corrected chi connectivity index (χ4v) is 11.4. The molecule has 0 atom stereocenters. The summed E-state index contributed by atoms with van der Waals surface area (Å²) in [5, 5.41) is 4.94. The second kappa shape index (κ2) is 13.9. The monoisotopic (exact) mass is 817 g/mol. The van der Waals surface area contributed by atoms with Gasteiger partial charge in [-0.3, -0.25) is 0 Å². The molecule has 2 aromatic heterocycles. The predicted octanol–water partition coefficient (Wildman–Crippen LogP) is 17.0. The van der Waals surface area contributed by atoms with Crippen LogP contribution in [0.4, 0.5) is 17.1 Å². The number of anilines is 3. The lowest BCUT2D eigenvalue weighted by molar-refractivity contribution is 0.661. The molecule has 0 radical (unpaired) electrons. The maximum atomic E-state index is 6.46. The molecule has 0 spiro atoms. The van der Waals surface area contributed by atoms with Crippen LogP contribution in [0.15, 0.2) is 203 Å². The Morgan fingerprint density at radius 2 is 1.05 bits per heavy atom. The molecule has 2 heterocycles. The highest BCUT2D eigenvalue weighted by Crippen LogP contribution is 2.55. The first kappa shape index (κ1) is 36.0. The highest BCUT2D eigenvalue weighted by molar-refractivity contribution is 7.80. The van der Waals surface area contributed by atoms with Crippen molar-refractivity contribution in [3.05, 3.63) is 205 Å². The molecule has 1 aliphatic carbocycles. The van der Waals surface area contributed by atoms with E-state index in [1.54, 1.807) is 0 Å². The van der Waals surface area contributed by atoms with Gasteiger partial charge < -0.3 is 9.32 Å². The second-order valence-electron chi connectivity index (χ2n) is 16.6. The number of nitrogens with zero attached hydrogens (tertiary/aromatic N) is 1. The minimum atomic E-state index is -0.178. The summed E-state index contributed by atoms with van der Waals surface area (Å²) < 4.78 is 9.17. The van der Waals surface area contributed by atoms with Crippen molar-refractivity contribution in [1.29, 1.82) is 0 Å². The molecular weight excluding hydrogens is 779 g/mol. The van der Waals surface area contributed by atoms with Gasteiger partial charge in [0, 0.05) is 69.4 Å². The molecule has 4 heteroatoms. The summed E-state index contributed by atoms with van der Waals surface area (Å²) in [6, 6.07) is 70.2. The van der Waals surface area contributed by atoms with Gasteiger partial charge in [0.05, 0.1) is 0 Å². The average molecular weight is 818 g/mol. The van der Waals surface area contributed by atoms with Gasteiger partial charge in [0.15, 0.2) is 0 Å². The highest BCUT2D eigenvalue weighted by atomic mass is 32.1. The van der Waals surface area contributed by atoms with Gasteiger partial charge in [-0.05, 0) is 93.0 Å². The van der Waals surface area contributed by atoms with Crippen LogP contribution in [0.25, 0.3) is 86.6 Å². The third-order valence-corrected chi connectivity index (χ3v) is 14.5. The number of fused-ring (bicyclic) bond motifs is 10. The molecule has 0 unspecified atom stereocenters. The van der Waals surface area contributed by atoms with Gasteiger partial charge in [0.25, 0.3) is 0 Å². The van der Waals surface area contributed by atoms with Crippen LogP contribution >= 0.6 is 24.0 Å². The Hall–Kier alpha value is -6.85. The van der Waals surface area contributed by atoms with Gasteiger partial charge in [-0.2, -0.15) is 0 Å². The van der Waals surface area contributed by atoms with Gasteiger partial charge in [0.1, 0.15) is 11.2 Å². The molecule has 1 aliphatic rings. The zero-order valence-electron chi connectivity index (χ0n) is 33.7. The summed E-state index contributed by atoms with van der Waals surface area (Å²) in [5.74, 6) is 0. The Morgan fingerprint density at radius 3 is 1.80 bits per heavy atom. The number of benzene rings is 9. The summed E-state index contributed by atoms with van der Waals surface area (Å²) in [6.07, 6.45) is 0. The van der Waals surface area contributed by atoms with Crippen molar-refractivity contribution in [2.24, 2.45) is 0 Å². The van der Waals surface area contributed by atoms with Crippen molar-refractivity contribution >= 4 is 83.1 Å². The molecule has 0 fully saturated rings. The van der Waals surface area contributed by atoms with Gasteiger partial charge in [-0.15, -0.1) is 24.0 Å². The largest absolute Gasteiger partial charge is 0.455 e. The van der Waals surface area contributed by atoms with Crippen molar-refractivity contribution in [3.8, 4) is 44.5 Å². The minimum Gasteiger partial charge on any atom is -0.455 e. The quantitative estimate of drug-likeness (QED) is 0.168. The molecule has 0 amide bonds. The zero-order chi connectivity index (χ0) is 40.8. The number of hydrogen-bond acceptors (Lipinski definition) is 4. The standard InChI is InChI=1S/C57H39NOS2/c1-57(2)49-33-32-47-45-15-7-9-21-52(45)61-56(47)53(49)48-31-30-40(34-50(48)57)58(39-28-24-37(25-29-39)43-18-11-17-42(55(43)60)35-12-4-3-5-13-35)38-26-22-36(23-27-38)41-16-10-19-46-44-14-6-8-20-51(44)59-54(41)46/h3-34,60H,1-2H3. The first-order valence-corrected chi connectivity index (χ1v) is 22.1. The molecule has 2 nitrogen and oxygen atoms in total. The number of rotatable bonds is 6. The van der Waals surface area contributed by atoms with Crippen molar-refractivity contribution in [3.63, 3.8) is 0 Å². The number of para-hydroxylation sites is 2. The lowest BCUT2D eigenvalue weighted by Gasteiger charge is -2.28. The maximum Gasteiger partial charge on any atom is 0.143 e. The van der Waals surface area contributed by atoms with Crippen LogP contribution in [-0.4, -0.2) is 0 Å². The van der Waals surface area contributed by atoms with E-state index in [0.717, 1.165) is 77.3 Å². The summed E-state index contributed by atoms with van der Waals surface area (Å²) >= 11 is 7.00. The van der Waals surface area contributed by atoms with Crippen molar-refractivity contribution in [2.75, 3.05) is 4.90 Å². The minimum absolute atomic E-state index is 0.178. The smallest absolute Gasteiger partial charge is 0.143 e.